The van der Waals surface area contributed by atoms with Crippen LogP contribution >= 0.6 is 0 Å². The van der Waals surface area contributed by atoms with Gasteiger partial charge in [0.05, 0.1) is 4.92 Å². The van der Waals surface area contributed by atoms with Crippen LogP contribution in [0.3, 0.4) is 0 Å². The number of nitro benzene ring substituents is 1. The Labute approximate surface area is 115 Å². The van der Waals surface area contributed by atoms with Crippen molar-refractivity contribution in [3.63, 3.8) is 0 Å². The number of carbonyl (C=O) groups excluding carboxylic acids is 1. The zero-order valence-electron chi connectivity index (χ0n) is 10.8. The monoisotopic (exact) mass is 273 g/mol. The second-order valence-corrected chi connectivity index (χ2v) is 4.45. The van der Waals surface area contributed by atoms with Crippen LogP contribution in [0.15, 0.2) is 42.5 Å². The van der Waals surface area contributed by atoms with E-state index in [2.05, 4.69) is 0 Å². The van der Waals surface area contributed by atoms with Gasteiger partial charge in [-0.2, -0.15) is 0 Å². The van der Waals surface area contributed by atoms with E-state index >= 15 is 0 Å². The van der Waals surface area contributed by atoms with Crippen molar-refractivity contribution in [2.45, 2.75) is 13.3 Å². The first-order chi connectivity index (χ1) is 9.49. The number of rotatable bonds is 4. The largest absolute Gasteiger partial charge is 0.294 e. The molecule has 4 nitrogen and oxygen atoms in total. The second kappa shape index (κ2) is 5.61. The molecule has 0 unspecified atom stereocenters. The molecule has 5 heteroatoms. The molecular weight excluding hydrogens is 261 g/mol. The van der Waals surface area contributed by atoms with Crippen LogP contribution < -0.4 is 0 Å². The van der Waals surface area contributed by atoms with Crippen molar-refractivity contribution in [2.75, 3.05) is 0 Å². The number of Topliss-reactive ketones (excluding diaryl/α,β-unsaturated/α-hetero) is 1. The van der Waals surface area contributed by atoms with E-state index in [-0.39, 0.29) is 23.5 Å². The molecule has 0 amide bonds. The van der Waals surface area contributed by atoms with E-state index in [0.29, 0.717) is 11.1 Å². The zero-order chi connectivity index (χ0) is 14.7. The molecule has 0 saturated heterocycles. The Bertz CT molecular complexity index is 683. The highest BCUT2D eigenvalue weighted by molar-refractivity contribution is 5.98. The van der Waals surface area contributed by atoms with Crippen LogP contribution in [0.5, 0.6) is 0 Å². The number of para-hydroxylation sites is 1. The first-order valence-corrected chi connectivity index (χ1v) is 6.00. The topological polar surface area (TPSA) is 60.2 Å². The molecule has 0 aromatic heterocycles. The number of ketones is 1. The number of hydrogen-bond donors (Lipinski definition) is 0. The lowest BCUT2D eigenvalue weighted by Crippen LogP contribution is -2.06. The van der Waals surface area contributed by atoms with Crippen LogP contribution in [-0.2, 0) is 6.42 Å². The van der Waals surface area contributed by atoms with E-state index in [9.17, 15) is 19.3 Å². The number of halogens is 1. The zero-order valence-corrected chi connectivity index (χ0v) is 10.8. The minimum absolute atomic E-state index is 0.103. The highest BCUT2D eigenvalue weighted by Gasteiger charge is 2.17. The summed E-state index contributed by atoms with van der Waals surface area (Å²) in [5.41, 5.74) is 0.885. The molecule has 0 fully saturated rings. The van der Waals surface area contributed by atoms with Crippen molar-refractivity contribution in [3.05, 3.63) is 75.1 Å². The maximum Gasteiger partial charge on any atom is 0.273 e. The Balaban J connectivity index is 2.28. The van der Waals surface area contributed by atoms with Gasteiger partial charge in [0.15, 0.2) is 5.78 Å². The van der Waals surface area contributed by atoms with E-state index in [0.717, 1.165) is 6.07 Å². The van der Waals surface area contributed by atoms with E-state index in [4.69, 9.17) is 0 Å². The lowest BCUT2D eigenvalue weighted by atomic mass is 10.0. The third kappa shape index (κ3) is 2.88. The lowest BCUT2D eigenvalue weighted by Gasteiger charge is -2.04. The highest BCUT2D eigenvalue weighted by Crippen LogP contribution is 2.20. The summed E-state index contributed by atoms with van der Waals surface area (Å²) in [7, 11) is 0. The van der Waals surface area contributed by atoms with E-state index in [1.165, 1.54) is 30.3 Å². The van der Waals surface area contributed by atoms with Gasteiger partial charge in [-0.3, -0.25) is 14.9 Å². The summed E-state index contributed by atoms with van der Waals surface area (Å²) < 4.78 is 13.4. The molecule has 0 N–H and O–H groups in total. The molecule has 0 heterocycles. The summed E-state index contributed by atoms with van der Waals surface area (Å²) in [5, 5.41) is 10.9. The van der Waals surface area contributed by atoms with Crippen LogP contribution in [-0.4, -0.2) is 10.7 Å². The Morgan fingerprint density at radius 3 is 2.60 bits per heavy atom. The molecular formula is C15H12FNO3. The Kier molecular flexibility index (Phi) is 3.89. The summed E-state index contributed by atoms with van der Waals surface area (Å²) in [4.78, 5) is 22.4. The number of hydrogen-bond acceptors (Lipinski definition) is 3. The van der Waals surface area contributed by atoms with E-state index < -0.39 is 10.7 Å². The molecule has 0 bridgehead atoms. The van der Waals surface area contributed by atoms with Gasteiger partial charge >= 0.3 is 0 Å². The van der Waals surface area contributed by atoms with Gasteiger partial charge in [0.1, 0.15) is 5.82 Å². The fourth-order valence-corrected chi connectivity index (χ4v) is 1.88. The minimum atomic E-state index is -0.529. The SMILES string of the molecule is Cc1ccc(C(=O)Cc2ccccc2[N+](=O)[O-])cc1F. The molecule has 0 saturated carbocycles. The molecule has 0 radical (unpaired) electrons. The molecule has 2 rings (SSSR count). The van der Waals surface area contributed by atoms with Crippen LogP contribution in [0.4, 0.5) is 10.1 Å². The van der Waals surface area contributed by atoms with Gasteiger partial charge in [-0.05, 0) is 18.6 Å². The van der Waals surface area contributed by atoms with Gasteiger partial charge in [-0.15, -0.1) is 0 Å². The Morgan fingerprint density at radius 1 is 1.25 bits per heavy atom. The van der Waals surface area contributed by atoms with Crippen LogP contribution in [0.2, 0.25) is 0 Å². The van der Waals surface area contributed by atoms with Gasteiger partial charge in [-0.25, -0.2) is 4.39 Å². The van der Waals surface area contributed by atoms with E-state index in [1.54, 1.807) is 13.0 Å². The van der Waals surface area contributed by atoms with Crippen molar-refractivity contribution in [1.82, 2.24) is 0 Å². The third-order valence-corrected chi connectivity index (χ3v) is 3.03. The molecule has 102 valence electrons. The van der Waals surface area contributed by atoms with Crippen molar-refractivity contribution in [3.8, 4) is 0 Å². The van der Waals surface area contributed by atoms with Crippen LogP contribution in [0, 0.1) is 22.9 Å². The first-order valence-electron chi connectivity index (χ1n) is 6.00. The van der Waals surface area contributed by atoms with E-state index in [1.807, 2.05) is 0 Å². The highest BCUT2D eigenvalue weighted by atomic mass is 19.1. The summed E-state index contributed by atoms with van der Waals surface area (Å²) in [6, 6.07) is 10.2. The number of carbonyl (C=O) groups is 1. The average molecular weight is 273 g/mol. The molecule has 0 aliphatic heterocycles. The van der Waals surface area contributed by atoms with Crippen molar-refractivity contribution in [2.24, 2.45) is 0 Å². The van der Waals surface area contributed by atoms with Gasteiger partial charge in [0, 0.05) is 23.6 Å². The minimum Gasteiger partial charge on any atom is -0.294 e. The molecule has 0 aliphatic rings. The predicted molar refractivity (Wildman–Crippen MR) is 72.3 cm³/mol. The van der Waals surface area contributed by atoms with Gasteiger partial charge in [0.25, 0.3) is 5.69 Å². The normalized spacial score (nSPS) is 10.3. The van der Waals surface area contributed by atoms with Crippen molar-refractivity contribution in [1.29, 1.82) is 0 Å². The summed E-state index contributed by atoms with van der Waals surface area (Å²) >= 11 is 0. The number of nitrogens with zero attached hydrogens (tertiary/aromatic N) is 1. The Morgan fingerprint density at radius 2 is 1.95 bits per heavy atom. The lowest BCUT2D eigenvalue weighted by molar-refractivity contribution is -0.385. The van der Waals surface area contributed by atoms with Crippen LogP contribution in [0.25, 0.3) is 0 Å². The van der Waals surface area contributed by atoms with Crippen LogP contribution in [0.1, 0.15) is 21.5 Å². The average Bonchev–Trinajstić information content (AvgIpc) is 2.42. The van der Waals surface area contributed by atoms with Crippen molar-refractivity contribution < 1.29 is 14.1 Å². The maximum atomic E-state index is 13.4. The second-order valence-electron chi connectivity index (χ2n) is 4.45. The maximum absolute atomic E-state index is 13.4. The third-order valence-electron chi connectivity index (χ3n) is 3.03. The first kappa shape index (κ1) is 13.9. The van der Waals surface area contributed by atoms with Gasteiger partial charge in [0.2, 0.25) is 0 Å². The molecule has 0 spiro atoms. The van der Waals surface area contributed by atoms with Crippen molar-refractivity contribution >= 4 is 11.5 Å². The fourth-order valence-electron chi connectivity index (χ4n) is 1.88. The molecule has 0 aliphatic carbocycles. The summed E-state index contributed by atoms with van der Waals surface area (Å²) in [6.45, 7) is 1.60. The molecule has 20 heavy (non-hydrogen) atoms. The summed E-state index contributed by atoms with van der Waals surface area (Å²) in [6.07, 6.45) is -0.125. The predicted octanol–water partition coefficient (Wildman–Crippen LogP) is 3.47. The standard InChI is InChI=1S/C15H12FNO3/c1-10-6-7-12(8-13(10)16)15(18)9-11-4-2-3-5-14(11)17(19)20/h2-8H,9H2,1H3. The number of nitro groups is 1. The molecule has 2 aromatic carbocycles. The molecule has 2 aromatic rings. The fraction of sp³-hybridized carbons (Fsp3) is 0.133. The van der Waals surface area contributed by atoms with Gasteiger partial charge < -0.3 is 0 Å². The van der Waals surface area contributed by atoms with Gasteiger partial charge in [-0.1, -0.05) is 30.3 Å². The smallest absolute Gasteiger partial charge is 0.273 e. The Hall–Kier alpha value is -2.56. The quantitative estimate of drug-likeness (QED) is 0.487. The molecule has 0 atom stereocenters. The number of aryl methyl sites for hydroxylation is 1. The summed E-state index contributed by atoms with van der Waals surface area (Å²) in [5.74, 6) is -0.809. The number of benzene rings is 2.